The molecule has 0 unspecified atom stereocenters. The molecule has 0 saturated heterocycles. The van der Waals surface area contributed by atoms with E-state index < -0.39 is 5.91 Å². The number of pyridine rings is 1. The molecule has 2 heterocycles. The Bertz CT molecular complexity index is 1280. The Hall–Kier alpha value is -4.50. The summed E-state index contributed by atoms with van der Waals surface area (Å²) in [6.45, 7) is 2.07. The number of hydrogen-bond donors (Lipinski definition) is 1. The van der Waals surface area contributed by atoms with Crippen molar-refractivity contribution in [3.05, 3.63) is 102 Å². The minimum Gasteiger partial charge on any atom is -0.321 e. The third-order valence-corrected chi connectivity index (χ3v) is 4.98. The fraction of sp³-hybridized carbons (Fsp3) is 0.0769. The van der Waals surface area contributed by atoms with Crippen LogP contribution in [0.4, 0.5) is 5.69 Å². The first-order chi connectivity index (χ1) is 15.7. The SMILES string of the molecule is CCc1ccc(NC(=O)/C(C#N)=C\c2cn(-c3ccccc3)nc2-c2cccnc2)cc1. The van der Waals surface area contributed by atoms with E-state index in [1.807, 2.05) is 72.8 Å². The van der Waals surface area contributed by atoms with Gasteiger partial charge in [-0.2, -0.15) is 10.4 Å². The lowest BCUT2D eigenvalue weighted by atomic mass is 10.1. The van der Waals surface area contributed by atoms with E-state index in [9.17, 15) is 10.1 Å². The molecule has 0 aliphatic rings. The molecule has 2 aromatic carbocycles. The Morgan fingerprint density at radius 2 is 1.88 bits per heavy atom. The predicted molar refractivity (Wildman–Crippen MR) is 125 cm³/mol. The van der Waals surface area contributed by atoms with Gasteiger partial charge in [-0.3, -0.25) is 9.78 Å². The summed E-state index contributed by atoms with van der Waals surface area (Å²) in [6.07, 6.45) is 7.67. The van der Waals surface area contributed by atoms with E-state index in [-0.39, 0.29) is 5.57 Å². The fourth-order valence-electron chi connectivity index (χ4n) is 3.26. The quantitative estimate of drug-likeness (QED) is 0.350. The Kier molecular flexibility index (Phi) is 6.19. The zero-order chi connectivity index (χ0) is 22.3. The lowest BCUT2D eigenvalue weighted by Gasteiger charge is -2.05. The van der Waals surface area contributed by atoms with Gasteiger partial charge in [-0.05, 0) is 54.5 Å². The second-order valence-corrected chi connectivity index (χ2v) is 7.13. The van der Waals surface area contributed by atoms with Gasteiger partial charge >= 0.3 is 0 Å². The molecular weight excluding hydrogens is 398 g/mol. The average Bonchev–Trinajstić information content (AvgIpc) is 3.28. The second-order valence-electron chi connectivity index (χ2n) is 7.13. The van der Waals surface area contributed by atoms with Gasteiger partial charge in [0.15, 0.2) is 0 Å². The van der Waals surface area contributed by atoms with Gasteiger partial charge < -0.3 is 5.32 Å². The molecule has 0 radical (unpaired) electrons. The molecule has 1 N–H and O–H groups in total. The largest absolute Gasteiger partial charge is 0.321 e. The van der Waals surface area contributed by atoms with Crippen molar-refractivity contribution in [2.75, 3.05) is 5.32 Å². The summed E-state index contributed by atoms with van der Waals surface area (Å²) < 4.78 is 1.73. The normalized spacial score (nSPS) is 11.1. The minimum absolute atomic E-state index is 0.0117. The van der Waals surface area contributed by atoms with Crippen LogP contribution in [0, 0.1) is 11.3 Å². The van der Waals surface area contributed by atoms with Crippen LogP contribution in [0.1, 0.15) is 18.1 Å². The van der Waals surface area contributed by atoms with Crippen molar-refractivity contribution in [2.24, 2.45) is 0 Å². The van der Waals surface area contributed by atoms with Crippen molar-refractivity contribution in [3.8, 4) is 23.0 Å². The molecule has 32 heavy (non-hydrogen) atoms. The van der Waals surface area contributed by atoms with Crippen LogP contribution < -0.4 is 5.32 Å². The van der Waals surface area contributed by atoms with E-state index in [2.05, 4.69) is 17.2 Å². The first-order valence-corrected chi connectivity index (χ1v) is 10.3. The van der Waals surface area contributed by atoms with Crippen LogP contribution in [0.2, 0.25) is 0 Å². The summed E-state index contributed by atoms with van der Waals surface area (Å²) in [5.41, 5.74) is 4.75. The maximum Gasteiger partial charge on any atom is 0.266 e. The number of aryl methyl sites for hydroxylation is 1. The fourth-order valence-corrected chi connectivity index (χ4v) is 3.26. The van der Waals surface area contributed by atoms with Gasteiger partial charge in [0.05, 0.1) is 5.69 Å². The van der Waals surface area contributed by atoms with Gasteiger partial charge in [-0.1, -0.05) is 37.3 Å². The molecule has 156 valence electrons. The van der Waals surface area contributed by atoms with Gasteiger partial charge in [-0.15, -0.1) is 0 Å². The Morgan fingerprint density at radius 3 is 2.53 bits per heavy atom. The molecular formula is C26H21N5O. The zero-order valence-corrected chi connectivity index (χ0v) is 17.6. The van der Waals surface area contributed by atoms with Crippen LogP contribution in [0.15, 0.2) is 90.9 Å². The summed E-state index contributed by atoms with van der Waals surface area (Å²) in [5, 5.41) is 17.2. The smallest absolute Gasteiger partial charge is 0.266 e. The van der Waals surface area contributed by atoms with E-state index in [1.54, 1.807) is 29.3 Å². The van der Waals surface area contributed by atoms with E-state index in [0.717, 1.165) is 17.7 Å². The number of nitrogens with zero attached hydrogens (tertiary/aromatic N) is 4. The van der Waals surface area contributed by atoms with Crippen LogP contribution in [0.3, 0.4) is 0 Å². The molecule has 4 aromatic rings. The van der Waals surface area contributed by atoms with E-state index in [4.69, 9.17) is 5.10 Å². The second kappa shape index (κ2) is 9.54. The number of hydrogen-bond acceptors (Lipinski definition) is 4. The summed E-state index contributed by atoms with van der Waals surface area (Å²) in [5.74, 6) is -0.471. The summed E-state index contributed by atoms with van der Waals surface area (Å²) >= 11 is 0. The molecule has 0 fully saturated rings. The highest BCUT2D eigenvalue weighted by Gasteiger charge is 2.15. The van der Waals surface area contributed by atoms with Gasteiger partial charge in [0.2, 0.25) is 0 Å². The number of nitrogens with one attached hydrogen (secondary N) is 1. The Labute approximate surface area is 186 Å². The van der Waals surface area contributed by atoms with Crippen molar-refractivity contribution in [1.82, 2.24) is 14.8 Å². The third kappa shape index (κ3) is 4.63. The first-order valence-electron chi connectivity index (χ1n) is 10.3. The summed E-state index contributed by atoms with van der Waals surface area (Å²) in [7, 11) is 0. The average molecular weight is 419 g/mol. The molecule has 6 nitrogen and oxygen atoms in total. The molecule has 1 amide bonds. The number of rotatable bonds is 6. The molecule has 6 heteroatoms. The lowest BCUT2D eigenvalue weighted by Crippen LogP contribution is -2.13. The van der Waals surface area contributed by atoms with Crippen LogP contribution in [-0.2, 0) is 11.2 Å². The highest BCUT2D eigenvalue weighted by Crippen LogP contribution is 2.25. The number of benzene rings is 2. The van der Waals surface area contributed by atoms with Gasteiger partial charge in [0.25, 0.3) is 5.91 Å². The Balaban J connectivity index is 1.70. The molecule has 4 rings (SSSR count). The van der Waals surface area contributed by atoms with Gasteiger partial charge in [0, 0.05) is 35.4 Å². The maximum absolute atomic E-state index is 12.8. The molecule has 0 aliphatic carbocycles. The maximum atomic E-state index is 12.8. The van der Waals surface area contributed by atoms with Gasteiger partial charge in [-0.25, -0.2) is 4.68 Å². The molecule has 0 bridgehead atoms. The number of nitriles is 1. The van der Waals surface area contributed by atoms with Crippen molar-refractivity contribution < 1.29 is 4.79 Å². The third-order valence-electron chi connectivity index (χ3n) is 4.98. The first kappa shape index (κ1) is 20.8. The van der Waals surface area contributed by atoms with Crippen molar-refractivity contribution in [3.63, 3.8) is 0 Å². The van der Waals surface area contributed by atoms with Crippen LogP contribution in [0.5, 0.6) is 0 Å². The van der Waals surface area contributed by atoms with Crippen LogP contribution in [-0.4, -0.2) is 20.7 Å². The number of carbonyl (C=O) groups is 1. The van der Waals surface area contributed by atoms with E-state index in [0.29, 0.717) is 16.9 Å². The van der Waals surface area contributed by atoms with E-state index >= 15 is 0 Å². The van der Waals surface area contributed by atoms with Crippen LogP contribution >= 0.6 is 0 Å². The molecule has 0 atom stereocenters. The molecule has 0 saturated carbocycles. The Morgan fingerprint density at radius 1 is 1.09 bits per heavy atom. The molecule has 2 aromatic heterocycles. The number of carbonyl (C=O) groups excluding carboxylic acids is 1. The monoisotopic (exact) mass is 419 g/mol. The number of aromatic nitrogens is 3. The van der Waals surface area contributed by atoms with Gasteiger partial charge in [0.1, 0.15) is 17.3 Å². The molecule has 0 aliphatic heterocycles. The van der Waals surface area contributed by atoms with Crippen molar-refractivity contribution in [2.45, 2.75) is 13.3 Å². The minimum atomic E-state index is -0.471. The summed E-state index contributed by atoms with van der Waals surface area (Å²) in [6, 6.07) is 23.0. The number of anilines is 1. The molecule has 0 spiro atoms. The number of para-hydroxylation sites is 1. The zero-order valence-electron chi connectivity index (χ0n) is 17.6. The van der Waals surface area contributed by atoms with Crippen LogP contribution in [0.25, 0.3) is 23.0 Å². The van der Waals surface area contributed by atoms with Crippen molar-refractivity contribution >= 4 is 17.7 Å². The van der Waals surface area contributed by atoms with E-state index in [1.165, 1.54) is 5.56 Å². The summed E-state index contributed by atoms with van der Waals surface area (Å²) in [4.78, 5) is 17.0. The highest BCUT2D eigenvalue weighted by molar-refractivity contribution is 6.10. The standard InChI is InChI=1S/C26H21N5O/c1-2-19-10-12-23(13-11-19)29-26(32)21(16-27)15-22-18-31(24-8-4-3-5-9-24)30-25(22)20-7-6-14-28-17-20/h3-15,17-18H,2H2,1H3,(H,29,32)/b21-15-. The lowest BCUT2D eigenvalue weighted by molar-refractivity contribution is -0.112. The topological polar surface area (TPSA) is 83.6 Å². The van der Waals surface area contributed by atoms with Crippen molar-refractivity contribution in [1.29, 1.82) is 5.26 Å². The predicted octanol–water partition coefficient (Wildman–Crippen LogP) is 5.04. The highest BCUT2D eigenvalue weighted by atomic mass is 16.1. The number of amides is 1.